The minimum absolute atomic E-state index is 0.0292. The monoisotopic (exact) mass is 424 g/mol. The molecule has 2 atom stereocenters. The average molecular weight is 425 g/mol. The van der Waals surface area contributed by atoms with Gasteiger partial charge in [0.2, 0.25) is 10.0 Å². The molecule has 2 bridgehead atoms. The van der Waals surface area contributed by atoms with E-state index in [2.05, 4.69) is 18.7 Å². The molecule has 1 heterocycles. The average Bonchev–Trinajstić information content (AvgIpc) is 2.98. The van der Waals surface area contributed by atoms with Crippen molar-refractivity contribution in [3.63, 3.8) is 0 Å². The number of nitrogens with zero attached hydrogens (tertiary/aromatic N) is 2. The first-order chi connectivity index (χ1) is 13.1. The van der Waals surface area contributed by atoms with Crippen molar-refractivity contribution in [2.75, 3.05) is 36.8 Å². The molecule has 5 nitrogen and oxygen atoms in total. The van der Waals surface area contributed by atoms with Crippen molar-refractivity contribution in [1.29, 1.82) is 0 Å². The second-order valence-corrected chi connectivity index (χ2v) is 11.6. The number of halogens is 1. The van der Waals surface area contributed by atoms with Gasteiger partial charge in [-0.1, -0.05) is 31.5 Å². The molecule has 1 aromatic carbocycles. The van der Waals surface area contributed by atoms with Gasteiger partial charge in [-0.25, -0.2) is 8.42 Å². The zero-order valence-electron chi connectivity index (χ0n) is 16.9. The maximum absolute atomic E-state index is 13.3. The number of rotatable bonds is 4. The van der Waals surface area contributed by atoms with E-state index in [0.717, 1.165) is 22.7 Å². The molecule has 0 radical (unpaired) electrons. The predicted octanol–water partition coefficient (Wildman–Crippen LogP) is 3.50. The number of hydrogen-bond donors (Lipinski definition) is 0. The standard InChI is InChI=1S/C21H29ClN2O3S/c1-15-17(22)5-4-6-18(15)23-9-11-24(12-10-23)28(26,27)14-21-8-7-16(13-19(21)25)20(21,2)3/h4-6,16H,7-14H2,1-3H3/t16-,21-/m0/s1. The van der Waals surface area contributed by atoms with Crippen LogP contribution in [0.4, 0.5) is 5.69 Å². The fourth-order valence-electron chi connectivity index (χ4n) is 5.66. The van der Waals surface area contributed by atoms with E-state index in [4.69, 9.17) is 11.6 Å². The molecule has 2 saturated carbocycles. The third kappa shape index (κ3) is 2.91. The second kappa shape index (κ2) is 6.71. The quantitative estimate of drug-likeness (QED) is 0.742. The number of fused-ring (bicyclic) bond motifs is 2. The van der Waals surface area contributed by atoms with Gasteiger partial charge in [-0.3, -0.25) is 4.79 Å². The Morgan fingerprint density at radius 2 is 1.86 bits per heavy atom. The maximum Gasteiger partial charge on any atom is 0.215 e. The summed E-state index contributed by atoms with van der Waals surface area (Å²) in [6.45, 7) is 8.33. The molecule has 0 unspecified atom stereocenters. The molecule has 0 N–H and O–H groups in total. The maximum atomic E-state index is 13.3. The van der Waals surface area contributed by atoms with Crippen LogP contribution in [0.3, 0.4) is 0 Å². The minimum Gasteiger partial charge on any atom is -0.369 e. The lowest BCUT2D eigenvalue weighted by molar-refractivity contribution is -0.128. The number of sulfonamides is 1. The van der Waals surface area contributed by atoms with Crippen LogP contribution in [0, 0.1) is 23.7 Å². The van der Waals surface area contributed by atoms with Gasteiger partial charge in [-0.05, 0) is 48.8 Å². The minimum atomic E-state index is -3.48. The molecule has 3 fully saturated rings. The fraction of sp³-hybridized carbons (Fsp3) is 0.667. The largest absolute Gasteiger partial charge is 0.369 e. The lowest BCUT2D eigenvalue weighted by Gasteiger charge is -2.40. The number of carbonyl (C=O) groups excluding carboxylic acids is 1. The van der Waals surface area contributed by atoms with Gasteiger partial charge in [0.15, 0.2) is 0 Å². The number of benzene rings is 1. The van der Waals surface area contributed by atoms with E-state index in [-0.39, 0.29) is 17.0 Å². The van der Waals surface area contributed by atoms with Gasteiger partial charge >= 0.3 is 0 Å². The number of carbonyl (C=O) groups is 1. The zero-order chi connectivity index (χ0) is 20.3. The van der Waals surface area contributed by atoms with Crippen LogP contribution in [0.1, 0.15) is 38.7 Å². The number of piperazine rings is 1. The van der Waals surface area contributed by atoms with E-state index in [1.54, 1.807) is 4.31 Å². The highest BCUT2D eigenvalue weighted by atomic mass is 35.5. The van der Waals surface area contributed by atoms with E-state index >= 15 is 0 Å². The molecule has 7 heteroatoms. The Labute approximate surface area is 173 Å². The number of hydrogen-bond acceptors (Lipinski definition) is 4. The number of anilines is 1. The summed E-state index contributed by atoms with van der Waals surface area (Å²) < 4.78 is 28.1. The van der Waals surface area contributed by atoms with Crippen molar-refractivity contribution < 1.29 is 13.2 Å². The van der Waals surface area contributed by atoms with Crippen molar-refractivity contribution in [3.8, 4) is 0 Å². The Bertz CT molecular complexity index is 906. The van der Waals surface area contributed by atoms with Crippen LogP contribution in [-0.4, -0.2) is 50.4 Å². The Morgan fingerprint density at radius 3 is 2.43 bits per heavy atom. The van der Waals surface area contributed by atoms with E-state index in [9.17, 15) is 13.2 Å². The van der Waals surface area contributed by atoms with Crippen LogP contribution in [0.15, 0.2) is 18.2 Å². The summed E-state index contributed by atoms with van der Waals surface area (Å²) >= 11 is 6.24. The summed E-state index contributed by atoms with van der Waals surface area (Å²) in [4.78, 5) is 14.9. The van der Waals surface area contributed by atoms with Crippen LogP contribution in [0.5, 0.6) is 0 Å². The molecule has 0 aromatic heterocycles. The van der Waals surface area contributed by atoms with Crippen LogP contribution in [0.25, 0.3) is 0 Å². The first kappa shape index (κ1) is 20.2. The summed E-state index contributed by atoms with van der Waals surface area (Å²) in [7, 11) is -3.48. The predicted molar refractivity (Wildman–Crippen MR) is 112 cm³/mol. The highest BCUT2D eigenvalue weighted by Crippen LogP contribution is 2.64. The third-order valence-electron chi connectivity index (χ3n) is 7.78. The van der Waals surface area contributed by atoms with Gasteiger partial charge in [0.25, 0.3) is 0 Å². The van der Waals surface area contributed by atoms with E-state index in [1.165, 1.54) is 0 Å². The second-order valence-electron chi connectivity index (χ2n) is 9.19. The molecule has 4 rings (SSSR count). The van der Waals surface area contributed by atoms with E-state index in [0.29, 0.717) is 44.9 Å². The van der Waals surface area contributed by atoms with Crippen LogP contribution < -0.4 is 4.90 Å². The molecule has 3 aliphatic rings. The molecule has 2 aliphatic carbocycles. The van der Waals surface area contributed by atoms with Crippen molar-refractivity contribution >= 4 is 33.1 Å². The SMILES string of the molecule is Cc1c(Cl)cccc1N1CCN(S(=O)(=O)C[C@@]23CC[C@@H](CC2=O)C3(C)C)CC1. The molecular formula is C21H29ClN2O3S. The zero-order valence-corrected chi connectivity index (χ0v) is 18.4. The van der Waals surface area contributed by atoms with Crippen LogP contribution >= 0.6 is 11.6 Å². The van der Waals surface area contributed by atoms with E-state index < -0.39 is 15.4 Å². The van der Waals surface area contributed by atoms with E-state index in [1.807, 2.05) is 25.1 Å². The summed E-state index contributed by atoms with van der Waals surface area (Å²) in [5.41, 5.74) is 1.16. The number of ketones is 1. The molecule has 154 valence electrons. The Morgan fingerprint density at radius 1 is 1.18 bits per heavy atom. The van der Waals surface area contributed by atoms with Gasteiger partial charge < -0.3 is 4.90 Å². The van der Waals surface area contributed by atoms with Crippen molar-refractivity contribution in [2.45, 2.75) is 40.0 Å². The van der Waals surface area contributed by atoms with Gasteiger partial charge in [0.1, 0.15) is 5.78 Å². The Kier molecular flexibility index (Phi) is 4.83. The summed E-state index contributed by atoms with van der Waals surface area (Å²) in [5.74, 6) is 0.460. The summed E-state index contributed by atoms with van der Waals surface area (Å²) in [6, 6.07) is 5.83. The Balaban J connectivity index is 1.49. The summed E-state index contributed by atoms with van der Waals surface area (Å²) in [6.07, 6.45) is 2.23. The van der Waals surface area contributed by atoms with Gasteiger partial charge in [0.05, 0.1) is 5.75 Å². The van der Waals surface area contributed by atoms with Gasteiger partial charge in [-0.15, -0.1) is 0 Å². The van der Waals surface area contributed by atoms with Crippen LogP contribution in [0.2, 0.25) is 5.02 Å². The van der Waals surface area contributed by atoms with Crippen LogP contribution in [-0.2, 0) is 14.8 Å². The van der Waals surface area contributed by atoms with Gasteiger partial charge in [0, 0.05) is 48.7 Å². The topological polar surface area (TPSA) is 57.7 Å². The Hall–Kier alpha value is -1.11. The van der Waals surface area contributed by atoms with Crippen molar-refractivity contribution in [3.05, 3.63) is 28.8 Å². The molecular weight excluding hydrogens is 396 g/mol. The third-order valence-corrected chi connectivity index (χ3v) is 10.2. The highest BCUT2D eigenvalue weighted by Gasteiger charge is 2.65. The normalized spacial score (nSPS) is 30.2. The van der Waals surface area contributed by atoms with Crippen molar-refractivity contribution in [1.82, 2.24) is 4.31 Å². The molecule has 0 spiro atoms. The molecule has 1 aromatic rings. The number of Topliss-reactive ketones (excluding diaryl/α,β-unsaturated/α-hetero) is 1. The summed E-state index contributed by atoms with van der Waals surface area (Å²) in [5, 5.41) is 0.726. The highest BCUT2D eigenvalue weighted by molar-refractivity contribution is 7.89. The molecule has 1 aliphatic heterocycles. The molecule has 28 heavy (non-hydrogen) atoms. The first-order valence-corrected chi connectivity index (χ1v) is 12.1. The lowest BCUT2D eigenvalue weighted by atomic mass is 9.70. The molecule has 1 saturated heterocycles. The van der Waals surface area contributed by atoms with Gasteiger partial charge in [-0.2, -0.15) is 4.31 Å². The lowest BCUT2D eigenvalue weighted by Crippen LogP contribution is -2.52. The fourth-order valence-corrected chi connectivity index (χ4v) is 8.03. The van der Waals surface area contributed by atoms with Crippen molar-refractivity contribution in [2.24, 2.45) is 16.7 Å². The first-order valence-electron chi connectivity index (χ1n) is 10.1. The molecule has 0 amide bonds. The smallest absolute Gasteiger partial charge is 0.215 e.